The molecule has 3 rings (SSSR count). The van der Waals surface area contributed by atoms with E-state index in [1.165, 1.54) is 0 Å². The van der Waals surface area contributed by atoms with Crippen LogP contribution in [0.3, 0.4) is 0 Å². The Hall–Kier alpha value is -2.17. The molecule has 1 aliphatic carbocycles. The number of carbonyl (C=O) groups is 3. The summed E-state index contributed by atoms with van der Waals surface area (Å²) in [6.07, 6.45) is 5.73. The number of amides is 2. The number of rotatable bonds is 4. The van der Waals surface area contributed by atoms with Gasteiger partial charge in [-0.2, -0.15) is 0 Å². The summed E-state index contributed by atoms with van der Waals surface area (Å²) in [6, 6.07) is 7.55. The predicted octanol–water partition coefficient (Wildman–Crippen LogP) is 2.34. The second-order valence-electron chi connectivity index (χ2n) is 6.36. The van der Waals surface area contributed by atoms with Crippen LogP contribution in [-0.2, 0) is 14.4 Å². The van der Waals surface area contributed by atoms with Crippen LogP contribution in [0.15, 0.2) is 24.3 Å². The van der Waals surface area contributed by atoms with E-state index in [9.17, 15) is 14.4 Å². The van der Waals surface area contributed by atoms with E-state index in [0.717, 1.165) is 43.3 Å². The highest BCUT2D eigenvalue weighted by molar-refractivity contribution is 6.00. The molecule has 1 N–H and O–H groups in total. The van der Waals surface area contributed by atoms with Crippen molar-refractivity contribution < 1.29 is 19.1 Å². The molecule has 0 aromatic heterocycles. The lowest BCUT2D eigenvalue weighted by Crippen LogP contribution is -2.39. The number of carbonyl (C=O) groups excluding carboxylic acids is 3. The van der Waals surface area contributed by atoms with Gasteiger partial charge in [0.1, 0.15) is 12.0 Å². The van der Waals surface area contributed by atoms with E-state index in [4.69, 9.17) is 4.74 Å². The molecule has 1 atom stereocenters. The maximum atomic E-state index is 11.9. The molecule has 2 amide bonds. The molecule has 2 fully saturated rings. The van der Waals surface area contributed by atoms with Crippen LogP contribution in [0.4, 0.5) is 0 Å². The van der Waals surface area contributed by atoms with Crippen molar-refractivity contribution in [2.24, 2.45) is 5.92 Å². The standard InChI is InChI=1S/C18H21NO4/c20-11-12-1-5-14(6-2-12)23-15-7-3-13(4-8-15)16-9-10-17(21)19-18(16)22/h3-4,7-8,11-12,14,16H,1-2,5-6,9-10H2,(H,19,21,22)/t12?,14?,16-/m1/s1. The number of imide groups is 1. The summed E-state index contributed by atoms with van der Waals surface area (Å²) < 4.78 is 5.96. The third-order valence-corrected chi connectivity index (χ3v) is 4.74. The zero-order valence-corrected chi connectivity index (χ0v) is 13.0. The molecule has 1 saturated heterocycles. The first-order valence-electron chi connectivity index (χ1n) is 8.21. The molecule has 0 radical (unpaired) electrons. The molecule has 5 nitrogen and oxygen atoms in total. The number of benzene rings is 1. The number of hydrogen-bond donors (Lipinski definition) is 1. The largest absolute Gasteiger partial charge is 0.490 e. The number of hydrogen-bond acceptors (Lipinski definition) is 4. The molecule has 0 spiro atoms. The van der Waals surface area contributed by atoms with Crippen molar-refractivity contribution in [3.05, 3.63) is 29.8 Å². The van der Waals surface area contributed by atoms with E-state index in [1.807, 2.05) is 24.3 Å². The molecular weight excluding hydrogens is 294 g/mol. The Bertz CT molecular complexity index is 588. The lowest BCUT2D eigenvalue weighted by Gasteiger charge is -2.26. The number of piperidine rings is 1. The number of aldehydes is 1. The minimum absolute atomic E-state index is 0.160. The topological polar surface area (TPSA) is 72.5 Å². The summed E-state index contributed by atoms with van der Waals surface area (Å²) >= 11 is 0. The molecule has 23 heavy (non-hydrogen) atoms. The van der Waals surface area contributed by atoms with E-state index in [0.29, 0.717) is 12.8 Å². The average Bonchev–Trinajstić information content (AvgIpc) is 2.57. The van der Waals surface area contributed by atoms with Crippen LogP contribution in [-0.4, -0.2) is 24.2 Å². The highest BCUT2D eigenvalue weighted by Crippen LogP contribution is 2.29. The van der Waals surface area contributed by atoms with Crippen molar-refractivity contribution in [3.63, 3.8) is 0 Å². The summed E-state index contributed by atoms with van der Waals surface area (Å²) in [5.74, 6) is 0.296. The summed E-state index contributed by atoms with van der Waals surface area (Å²) in [7, 11) is 0. The number of nitrogens with one attached hydrogen (secondary N) is 1. The van der Waals surface area contributed by atoms with Crippen molar-refractivity contribution in [1.82, 2.24) is 5.32 Å². The van der Waals surface area contributed by atoms with Gasteiger partial charge in [0.15, 0.2) is 0 Å². The van der Waals surface area contributed by atoms with Gasteiger partial charge in [0, 0.05) is 12.3 Å². The molecule has 1 heterocycles. The van der Waals surface area contributed by atoms with Crippen LogP contribution in [0, 0.1) is 5.92 Å². The second-order valence-corrected chi connectivity index (χ2v) is 6.36. The molecule has 0 unspecified atom stereocenters. The van der Waals surface area contributed by atoms with Gasteiger partial charge in [-0.1, -0.05) is 12.1 Å². The lowest BCUT2D eigenvalue weighted by atomic mass is 9.88. The van der Waals surface area contributed by atoms with E-state index in [2.05, 4.69) is 5.32 Å². The smallest absolute Gasteiger partial charge is 0.234 e. The van der Waals surface area contributed by atoms with Crippen molar-refractivity contribution >= 4 is 18.1 Å². The maximum absolute atomic E-state index is 11.9. The van der Waals surface area contributed by atoms with Crippen LogP contribution in [0.5, 0.6) is 5.75 Å². The molecule has 1 saturated carbocycles. The molecule has 1 aromatic rings. The molecule has 122 valence electrons. The van der Waals surface area contributed by atoms with E-state index in [-0.39, 0.29) is 29.8 Å². The Labute approximate surface area is 135 Å². The zero-order chi connectivity index (χ0) is 16.2. The first kappa shape index (κ1) is 15.7. The van der Waals surface area contributed by atoms with Crippen molar-refractivity contribution in [1.29, 1.82) is 0 Å². The van der Waals surface area contributed by atoms with E-state index in [1.54, 1.807) is 0 Å². The molecule has 5 heteroatoms. The molecule has 2 aliphatic rings. The summed E-state index contributed by atoms with van der Waals surface area (Å²) in [6.45, 7) is 0. The maximum Gasteiger partial charge on any atom is 0.234 e. The van der Waals surface area contributed by atoms with Gasteiger partial charge in [-0.25, -0.2) is 0 Å². The average molecular weight is 315 g/mol. The van der Waals surface area contributed by atoms with Gasteiger partial charge in [-0.05, 0) is 49.8 Å². The first-order valence-corrected chi connectivity index (χ1v) is 8.21. The second kappa shape index (κ2) is 6.94. The van der Waals surface area contributed by atoms with E-state index < -0.39 is 0 Å². The van der Waals surface area contributed by atoms with Gasteiger partial charge in [0.25, 0.3) is 0 Å². The third-order valence-electron chi connectivity index (χ3n) is 4.74. The monoisotopic (exact) mass is 315 g/mol. The van der Waals surface area contributed by atoms with Crippen molar-refractivity contribution in [3.8, 4) is 5.75 Å². The van der Waals surface area contributed by atoms with Crippen LogP contribution in [0.1, 0.15) is 50.0 Å². The Morgan fingerprint density at radius 1 is 1.00 bits per heavy atom. The minimum atomic E-state index is -0.259. The summed E-state index contributed by atoms with van der Waals surface area (Å²) in [5.41, 5.74) is 0.909. The normalized spacial score (nSPS) is 28.1. The lowest BCUT2D eigenvalue weighted by molar-refractivity contribution is -0.134. The Balaban J connectivity index is 1.58. The Morgan fingerprint density at radius 3 is 2.30 bits per heavy atom. The van der Waals surface area contributed by atoms with E-state index >= 15 is 0 Å². The molecule has 1 aromatic carbocycles. The number of ether oxygens (including phenoxy) is 1. The van der Waals surface area contributed by atoms with Gasteiger partial charge in [-0.15, -0.1) is 0 Å². The van der Waals surface area contributed by atoms with Gasteiger partial charge < -0.3 is 9.53 Å². The third kappa shape index (κ3) is 3.78. The highest BCUT2D eigenvalue weighted by Gasteiger charge is 2.28. The zero-order valence-electron chi connectivity index (χ0n) is 13.0. The van der Waals surface area contributed by atoms with Gasteiger partial charge in [-0.3, -0.25) is 14.9 Å². The fraction of sp³-hybridized carbons (Fsp3) is 0.500. The predicted molar refractivity (Wildman–Crippen MR) is 84.0 cm³/mol. The van der Waals surface area contributed by atoms with Crippen LogP contribution < -0.4 is 10.1 Å². The summed E-state index contributed by atoms with van der Waals surface area (Å²) in [5, 5.41) is 2.38. The van der Waals surface area contributed by atoms with Gasteiger partial charge in [0.05, 0.1) is 12.0 Å². The Kier molecular flexibility index (Phi) is 4.74. The first-order chi connectivity index (χ1) is 11.2. The van der Waals surface area contributed by atoms with Crippen LogP contribution in [0.25, 0.3) is 0 Å². The van der Waals surface area contributed by atoms with Gasteiger partial charge in [0.2, 0.25) is 11.8 Å². The van der Waals surface area contributed by atoms with Gasteiger partial charge >= 0.3 is 0 Å². The molecule has 0 bridgehead atoms. The summed E-state index contributed by atoms with van der Waals surface area (Å²) in [4.78, 5) is 33.8. The molecular formula is C18H21NO4. The van der Waals surface area contributed by atoms with Crippen LogP contribution >= 0.6 is 0 Å². The molecule has 1 aliphatic heterocycles. The highest BCUT2D eigenvalue weighted by atomic mass is 16.5. The quantitative estimate of drug-likeness (QED) is 0.684. The van der Waals surface area contributed by atoms with Crippen LogP contribution in [0.2, 0.25) is 0 Å². The Morgan fingerprint density at radius 2 is 1.70 bits per heavy atom. The fourth-order valence-electron chi connectivity index (χ4n) is 3.33. The fourth-order valence-corrected chi connectivity index (χ4v) is 3.33. The minimum Gasteiger partial charge on any atom is -0.490 e. The van der Waals surface area contributed by atoms with Crippen molar-refractivity contribution in [2.75, 3.05) is 0 Å². The van der Waals surface area contributed by atoms with Crippen molar-refractivity contribution in [2.45, 2.75) is 50.5 Å². The SMILES string of the molecule is O=CC1CCC(Oc2ccc([C@H]3CCC(=O)NC3=O)cc2)CC1.